The van der Waals surface area contributed by atoms with Crippen LogP contribution in [0.3, 0.4) is 0 Å². The average Bonchev–Trinajstić information content (AvgIpc) is 3.25. The number of likely N-dealkylation sites (N-methyl/N-ethyl adjacent to an activating group) is 1. The van der Waals surface area contributed by atoms with Crippen molar-refractivity contribution >= 4 is 23.2 Å². The van der Waals surface area contributed by atoms with E-state index in [1.54, 1.807) is 17.0 Å². The molecular weight excluding hydrogens is 511 g/mol. The third-order valence-corrected chi connectivity index (χ3v) is 8.60. The van der Waals surface area contributed by atoms with Crippen LogP contribution < -0.4 is 9.80 Å². The summed E-state index contributed by atoms with van der Waals surface area (Å²) in [6, 6.07) is 33.3. The number of aryl methyl sites for hydroxylation is 1. The molecule has 2 amide bonds. The minimum absolute atomic E-state index is 0.155. The van der Waals surface area contributed by atoms with E-state index in [1.165, 1.54) is 34.4 Å². The number of carbonyl (C=O) groups is 1. The monoisotopic (exact) mass is 546 g/mol. The lowest BCUT2D eigenvalue weighted by molar-refractivity contribution is 0.123. The van der Waals surface area contributed by atoms with Crippen molar-refractivity contribution in [2.45, 2.75) is 44.8 Å². The van der Waals surface area contributed by atoms with Gasteiger partial charge in [-0.2, -0.15) is 4.99 Å². The Morgan fingerprint density at radius 1 is 0.951 bits per heavy atom. The van der Waals surface area contributed by atoms with Gasteiger partial charge in [-0.25, -0.2) is 9.18 Å². The summed E-state index contributed by atoms with van der Waals surface area (Å²) in [5.74, 6) is 0.348. The summed E-state index contributed by atoms with van der Waals surface area (Å²) in [6.07, 6.45) is 1.37. The molecule has 208 valence electrons. The molecule has 0 aromatic heterocycles. The van der Waals surface area contributed by atoms with Crippen LogP contribution in [0.5, 0.6) is 0 Å². The van der Waals surface area contributed by atoms with Crippen LogP contribution >= 0.6 is 0 Å². The zero-order valence-corrected chi connectivity index (χ0v) is 23.8. The zero-order valence-electron chi connectivity index (χ0n) is 23.8. The first-order chi connectivity index (χ1) is 19.9. The Labute approximate surface area is 241 Å². The van der Waals surface area contributed by atoms with Crippen LogP contribution in [0.4, 0.5) is 20.6 Å². The van der Waals surface area contributed by atoms with E-state index >= 15 is 0 Å². The zero-order chi connectivity index (χ0) is 28.6. The molecular formula is C35H35FN4O. The van der Waals surface area contributed by atoms with Gasteiger partial charge in [0.1, 0.15) is 17.2 Å². The molecule has 2 aliphatic heterocycles. The number of hydrogen-bond acceptors (Lipinski definition) is 3. The number of piperidine rings is 1. The number of anilines is 2. The van der Waals surface area contributed by atoms with Crippen molar-refractivity contribution in [1.29, 1.82) is 0 Å². The van der Waals surface area contributed by atoms with E-state index in [0.717, 1.165) is 18.8 Å². The van der Waals surface area contributed by atoms with Gasteiger partial charge >= 0.3 is 6.03 Å². The van der Waals surface area contributed by atoms with E-state index in [4.69, 9.17) is 0 Å². The smallest absolute Gasteiger partial charge is 0.331 e. The second-order valence-corrected chi connectivity index (χ2v) is 11.2. The number of halogens is 1. The topological polar surface area (TPSA) is 39.1 Å². The fraction of sp³-hybridized carbons (Fsp3) is 0.257. The Balaban J connectivity index is 1.31. The molecule has 4 aromatic rings. The first kappa shape index (κ1) is 26.9. The number of para-hydroxylation sites is 1. The highest BCUT2D eigenvalue weighted by Crippen LogP contribution is 2.43. The quantitative estimate of drug-likeness (QED) is 0.258. The van der Waals surface area contributed by atoms with Gasteiger partial charge in [-0.1, -0.05) is 66.7 Å². The summed E-state index contributed by atoms with van der Waals surface area (Å²) in [5, 5.41) is 0. The van der Waals surface area contributed by atoms with Crippen molar-refractivity contribution in [1.82, 2.24) is 4.90 Å². The molecule has 2 heterocycles. The number of hydrogen-bond donors (Lipinski definition) is 0. The van der Waals surface area contributed by atoms with Gasteiger partial charge in [-0.3, -0.25) is 9.80 Å². The molecule has 6 rings (SSSR count). The number of amidine groups is 1. The molecule has 2 atom stereocenters. The van der Waals surface area contributed by atoms with Crippen LogP contribution in [0, 0.1) is 12.7 Å². The number of benzene rings is 4. The molecule has 1 fully saturated rings. The van der Waals surface area contributed by atoms with Crippen LogP contribution in [-0.2, 0) is 6.54 Å². The first-order valence-electron chi connectivity index (χ1n) is 14.2. The Hall–Kier alpha value is -4.29. The summed E-state index contributed by atoms with van der Waals surface area (Å²) in [7, 11) is 1.96. The maximum atomic E-state index is 14.4. The molecule has 0 bridgehead atoms. The normalized spacial score (nSPS) is 20.9. The van der Waals surface area contributed by atoms with Gasteiger partial charge in [0, 0.05) is 37.6 Å². The molecule has 0 N–H and O–H groups in total. The summed E-state index contributed by atoms with van der Waals surface area (Å²) in [4.78, 5) is 24.4. The molecule has 2 aliphatic rings. The van der Waals surface area contributed by atoms with Gasteiger partial charge in [0.25, 0.3) is 0 Å². The number of nitrogens with zero attached hydrogens (tertiary/aromatic N) is 4. The molecule has 4 aromatic carbocycles. The Bertz CT molecular complexity index is 1600. The highest BCUT2D eigenvalue weighted by atomic mass is 19.1. The molecule has 6 heteroatoms. The second-order valence-electron chi connectivity index (χ2n) is 11.2. The molecule has 0 radical (unpaired) electrons. The maximum Gasteiger partial charge on any atom is 0.350 e. The minimum atomic E-state index is -0.686. The maximum absolute atomic E-state index is 14.4. The Morgan fingerprint density at radius 3 is 2.46 bits per heavy atom. The van der Waals surface area contributed by atoms with Gasteiger partial charge in [-0.05, 0) is 85.3 Å². The van der Waals surface area contributed by atoms with Crippen LogP contribution in [0.15, 0.2) is 108 Å². The van der Waals surface area contributed by atoms with Crippen molar-refractivity contribution in [3.63, 3.8) is 0 Å². The summed E-state index contributed by atoms with van der Waals surface area (Å²) >= 11 is 0. The van der Waals surface area contributed by atoms with Crippen molar-refractivity contribution in [2.75, 3.05) is 23.4 Å². The third-order valence-electron chi connectivity index (χ3n) is 8.60. The molecule has 1 saturated heterocycles. The largest absolute Gasteiger partial charge is 0.350 e. The number of rotatable bonds is 5. The fourth-order valence-electron chi connectivity index (χ4n) is 6.54. The summed E-state index contributed by atoms with van der Waals surface area (Å²) in [6.45, 7) is 5.95. The highest BCUT2D eigenvalue weighted by Gasteiger charge is 2.54. The molecule has 0 aliphatic carbocycles. The predicted molar refractivity (Wildman–Crippen MR) is 165 cm³/mol. The Morgan fingerprint density at radius 2 is 1.71 bits per heavy atom. The summed E-state index contributed by atoms with van der Waals surface area (Å²) < 4.78 is 14.4. The fourth-order valence-corrected chi connectivity index (χ4v) is 6.54. The molecule has 1 spiro atoms. The number of likely N-dealkylation sites (tertiary alicyclic amines) is 1. The van der Waals surface area contributed by atoms with Gasteiger partial charge < -0.3 is 4.90 Å². The number of aliphatic imine (C=N–C) groups is 1. The van der Waals surface area contributed by atoms with E-state index in [-0.39, 0.29) is 17.9 Å². The van der Waals surface area contributed by atoms with E-state index in [1.807, 2.05) is 42.3 Å². The summed E-state index contributed by atoms with van der Waals surface area (Å²) in [5.41, 5.74) is 5.81. The molecule has 5 nitrogen and oxygen atoms in total. The predicted octanol–water partition coefficient (Wildman–Crippen LogP) is 7.70. The highest BCUT2D eigenvalue weighted by molar-refractivity contribution is 6.21. The minimum Gasteiger partial charge on any atom is -0.331 e. The van der Waals surface area contributed by atoms with E-state index < -0.39 is 5.54 Å². The van der Waals surface area contributed by atoms with Crippen LogP contribution in [-0.4, -0.2) is 41.9 Å². The molecule has 0 saturated carbocycles. The lowest BCUT2D eigenvalue weighted by Crippen LogP contribution is -2.63. The van der Waals surface area contributed by atoms with Gasteiger partial charge in [0.05, 0.1) is 0 Å². The second kappa shape index (κ2) is 10.9. The average molecular weight is 547 g/mol. The SMILES string of the molecule is Cc1ccccc1-c1cccc(CN2CC[C@@]3(C[C@@H]2C)C(N(C)c2ccccc2)=NC(=O)N3c2cccc(F)c2)c1. The van der Waals surface area contributed by atoms with Gasteiger partial charge in [0.2, 0.25) is 0 Å². The first-order valence-corrected chi connectivity index (χ1v) is 14.2. The number of amides is 2. The molecule has 0 unspecified atom stereocenters. The van der Waals surface area contributed by atoms with Crippen molar-refractivity contribution in [3.05, 3.63) is 120 Å². The van der Waals surface area contributed by atoms with Crippen molar-refractivity contribution < 1.29 is 9.18 Å². The van der Waals surface area contributed by atoms with Crippen molar-refractivity contribution in [3.8, 4) is 11.1 Å². The van der Waals surface area contributed by atoms with Gasteiger partial charge in [-0.15, -0.1) is 0 Å². The Kier molecular flexibility index (Phi) is 7.18. The van der Waals surface area contributed by atoms with E-state index in [9.17, 15) is 9.18 Å². The number of carbonyl (C=O) groups excluding carboxylic acids is 1. The molecule has 41 heavy (non-hydrogen) atoms. The van der Waals surface area contributed by atoms with E-state index in [0.29, 0.717) is 24.4 Å². The lowest BCUT2D eigenvalue weighted by Gasteiger charge is -2.49. The van der Waals surface area contributed by atoms with E-state index in [2.05, 4.69) is 72.3 Å². The van der Waals surface area contributed by atoms with Gasteiger partial charge in [0.15, 0.2) is 0 Å². The van der Waals surface area contributed by atoms with Crippen LogP contribution in [0.1, 0.15) is 30.9 Å². The lowest BCUT2D eigenvalue weighted by atomic mass is 9.80. The number of urea groups is 1. The van der Waals surface area contributed by atoms with Crippen molar-refractivity contribution in [2.24, 2.45) is 4.99 Å². The third kappa shape index (κ3) is 5.04. The van der Waals surface area contributed by atoms with Crippen LogP contribution in [0.2, 0.25) is 0 Å². The van der Waals surface area contributed by atoms with Crippen LogP contribution in [0.25, 0.3) is 11.1 Å². The standard InChI is InChI=1S/C35H35FN4O/c1-25-11-7-8-18-32(25)28-13-9-12-27(21-28)24-39-20-19-35(23-26(39)2)33(38(3)30-15-5-4-6-16-30)37-34(41)40(35)31-17-10-14-29(36)22-31/h4-18,21-22,26H,19-20,23-24H2,1-3H3/t26-,35+/m0/s1.